The zero-order valence-electron chi connectivity index (χ0n) is 13.8. The fourth-order valence-electron chi connectivity index (χ4n) is 3.37. The maximum absolute atomic E-state index is 10.8. The van der Waals surface area contributed by atoms with Crippen LogP contribution in [0.4, 0.5) is 0 Å². The van der Waals surface area contributed by atoms with Crippen LogP contribution in [0.2, 0.25) is 0 Å². The van der Waals surface area contributed by atoms with Gasteiger partial charge in [-0.15, -0.1) is 0 Å². The molecule has 0 amide bonds. The van der Waals surface area contributed by atoms with E-state index in [1.54, 1.807) is 7.11 Å². The van der Waals surface area contributed by atoms with Gasteiger partial charge in [-0.05, 0) is 49.7 Å². The van der Waals surface area contributed by atoms with Gasteiger partial charge in [0.15, 0.2) is 0 Å². The predicted octanol–water partition coefficient (Wildman–Crippen LogP) is 2.85. The Morgan fingerprint density at radius 1 is 1.36 bits per heavy atom. The first kappa shape index (κ1) is 15.3. The van der Waals surface area contributed by atoms with Crippen LogP contribution in [0.5, 0.6) is 5.75 Å². The molecule has 0 saturated carbocycles. The van der Waals surface area contributed by atoms with Crippen molar-refractivity contribution in [3.05, 3.63) is 35.0 Å². The minimum atomic E-state index is -0.908. The van der Waals surface area contributed by atoms with Crippen molar-refractivity contribution in [1.29, 1.82) is 0 Å². The van der Waals surface area contributed by atoms with Crippen molar-refractivity contribution in [2.24, 2.45) is 0 Å². The lowest BCUT2D eigenvalue weighted by Crippen LogP contribution is -2.33. The SMILES string of the molecule is CCN1CCc2nc3ccc(OC)cc3c(C(C)(C)O)c2C1. The fraction of sp³-hybridized carbons (Fsp3) is 0.500. The summed E-state index contributed by atoms with van der Waals surface area (Å²) < 4.78 is 5.36. The van der Waals surface area contributed by atoms with Gasteiger partial charge in [0.05, 0.1) is 18.2 Å². The third-order valence-corrected chi connectivity index (χ3v) is 4.48. The number of fused-ring (bicyclic) bond motifs is 2. The molecule has 2 heterocycles. The third kappa shape index (κ3) is 2.57. The number of likely N-dealkylation sites (N-methyl/N-ethyl adjacent to an activating group) is 1. The largest absolute Gasteiger partial charge is 0.497 e. The van der Waals surface area contributed by atoms with Gasteiger partial charge in [-0.3, -0.25) is 9.88 Å². The summed E-state index contributed by atoms with van der Waals surface area (Å²) in [5.41, 5.74) is 3.32. The van der Waals surface area contributed by atoms with Crippen LogP contribution in [0.25, 0.3) is 10.9 Å². The number of pyridine rings is 1. The number of hydrogen-bond acceptors (Lipinski definition) is 4. The van der Waals surface area contributed by atoms with Gasteiger partial charge in [0.1, 0.15) is 5.75 Å². The summed E-state index contributed by atoms with van der Waals surface area (Å²) in [6.07, 6.45) is 0.939. The molecule has 0 unspecified atom stereocenters. The standard InChI is InChI=1S/C18H24N2O2/c1-5-20-9-8-16-14(11-20)17(18(2,3)21)13-10-12(22-4)6-7-15(13)19-16/h6-7,10,21H,5,8-9,11H2,1-4H3. The molecule has 0 radical (unpaired) electrons. The second-order valence-electron chi connectivity index (χ2n) is 6.47. The van der Waals surface area contributed by atoms with Crippen LogP contribution in [0, 0.1) is 0 Å². The van der Waals surface area contributed by atoms with E-state index in [0.29, 0.717) is 0 Å². The van der Waals surface area contributed by atoms with Crippen LogP contribution in [0.3, 0.4) is 0 Å². The second kappa shape index (κ2) is 5.52. The molecule has 3 rings (SSSR count). The van der Waals surface area contributed by atoms with E-state index in [4.69, 9.17) is 9.72 Å². The highest BCUT2D eigenvalue weighted by atomic mass is 16.5. The Bertz CT molecular complexity index is 704. The number of hydrogen-bond donors (Lipinski definition) is 1. The summed E-state index contributed by atoms with van der Waals surface area (Å²) in [6, 6.07) is 5.90. The van der Waals surface area contributed by atoms with Crippen molar-refractivity contribution in [3.63, 3.8) is 0 Å². The highest BCUT2D eigenvalue weighted by Gasteiger charge is 2.29. The van der Waals surface area contributed by atoms with Crippen LogP contribution < -0.4 is 4.74 Å². The summed E-state index contributed by atoms with van der Waals surface area (Å²) in [5.74, 6) is 0.794. The van der Waals surface area contributed by atoms with Crippen LogP contribution in [-0.2, 0) is 18.6 Å². The average molecular weight is 300 g/mol. The normalized spacial score (nSPS) is 15.9. The zero-order chi connectivity index (χ0) is 15.9. The topological polar surface area (TPSA) is 45.6 Å². The van der Waals surface area contributed by atoms with E-state index >= 15 is 0 Å². The molecule has 0 atom stereocenters. The molecule has 1 N–H and O–H groups in total. The number of aromatic nitrogens is 1. The van der Waals surface area contributed by atoms with Gasteiger partial charge in [-0.2, -0.15) is 0 Å². The summed E-state index contributed by atoms with van der Waals surface area (Å²) in [7, 11) is 1.66. The lowest BCUT2D eigenvalue weighted by Gasteiger charge is -2.32. The summed E-state index contributed by atoms with van der Waals surface area (Å²) in [5, 5.41) is 11.8. The van der Waals surface area contributed by atoms with Gasteiger partial charge >= 0.3 is 0 Å². The van der Waals surface area contributed by atoms with Crippen LogP contribution in [0.15, 0.2) is 18.2 Å². The summed E-state index contributed by atoms with van der Waals surface area (Å²) in [4.78, 5) is 7.23. The molecule has 22 heavy (non-hydrogen) atoms. The Morgan fingerprint density at radius 3 is 2.77 bits per heavy atom. The van der Waals surface area contributed by atoms with Crippen LogP contribution in [0.1, 0.15) is 37.6 Å². The monoisotopic (exact) mass is 300 g/mol. The smallest absolute Gasteiger partial charge is 0.119 e. The summed E-state index contributed by atoms with van der Waals surface area (Å²) in [6.45, 7) is 8.78. The van der Waals surface area contributed by atoms with Crippen molar-refractivity contribution in [1.82, 2.24) is 9.88 Å². The van der Waals surface area contributed by atoms with E-state index in [1.807, 2.05) is 32.0 Å². The molecule has 0 aliphatic carbocycles. The Balaban J connectivity index is 2.30. The van der Waals surface area contributed by atoms with Gasteiger partial charge in [0.2, 0.25) is 0 Å². The van der Waals surface area contributed by atoms with Gasteiger partial charge in [-0.25, -0.2) is 0 Å². The van der Waals surface area contributed by atoms with Crippen LogP contribution >= 0.6 is 0 Å². The highest BCUT2D eigenvalue weighted by Crippen LogP contribution is 2.36. The van der Waals surface area contributed by atoms with Gasteiger partial charge in [-0.1, -0.05) is 6.92 Å². The fourth-order valence-corrected chi connectivity index (χ4v) is 3.37. The Hall–Kier alpha value is -1.65. The first-order valence-corrected chi connectivity index (χ1v) is 7.88. The predicted molar refractivity (Wildman–Crippen MR) is 88.2 cm³/mol. The lowest BCUT2D eigenvalue weighted by atomic mass is 9.86. The zero-order valence-corrected chi connectivity index (χ0v) is 13.8. The molecule has 0 spiro atoms. The maximum atomic E-state index is 10.8. The molecular formula is C18H24N2O2. The average Bonchev–Trinajstić information content (AvgIpc) is 2.50. The molecule has 0 saturated heterocycles. The minimum Gasteiger partial charge on any atom is -0.497 e. The number of rotatable bonds is 3. The lowest BCUT2D eigenvalue weighted by molar-refractivity contribution is 0.0775. The Labute approximate surface area is 131 Å². The van der Waals surface area contributed by atoms with Crippen molar-refractivity contribution >= 4 is 10.9 Å². The van der Waals surface area contributed by atoms with Crippen LogP contribution in [-0.4, -0.2) is 35.2 Å². The van der Waals surface area contributed by atoms with Crippen molar-refractivity contribution < 1.29 is 9.84 Å². The molecule has 118 valence electrons. The Morgan fingerprint density at radius 2 is 2.14 bits per heavy atom. The van der Waals surface area contributed by atoms with Gasteiger partial charge in [0.25, 0.3) is 0 Å². The molecule has 1 aliphatic rings. The molecule has 4 nitrogen and oxygen atoms in total. The molecule has 0 fully saturated rings. The number of ether oxygens (including phenoxy) is 1. The van der Waals surface area contributed by atoms with E-state index in [9.17, 15) is 5.11 Å². The van der Waals surface area contributed by atoms with Crippen molar-refractivity contribution in [3.8, 4) is 5.75 Å². The van der Waals surface area contributed by atoms with E-state index in [2.05, 4.69) is 11.8 Å². The Kier molecular flexibility index (Phi) is 3.83. The second-order valence-corrected chi connectivity index (χ2v) is 6.47. The molecule has 1 aliphatic heterocycles. The molecular weight excluding hydrogens is 276 g/mol. The molecule has 4 heteroatoms. The number of methoxy groups -OCH3 is 1. The summed E-state index contributed by atoms with van der Waals surface area (Å²) >= 11 is 0. The maximum Gasteiger partial charge on any atom is 0.119 e. The van der Waals surface area contributed by atoms with E-state index in [0.717, 1.165) is 54.0 Å². The van der Waals surface area contributed by atoms with E-state index in [1.165, 1.54) is 5.56 Å². The first-order valence-electron chi connectivity index (χ1n) is 7.88. The highest BCUT2D eigenvalue weighted by molar-refractivity contribution is 5.86. The molecule has 1 aromatic carbocycles. The minimum absolute atomic E-state index is 0.794. The molecule has 1 aromatic heterocycles. The van der Waals surface area contributed by atoms with E-state index in [-0.39, 0.29) is 0 Å². The van der Waals surface area contributed by atoms with Gasteiger partial charge in [0, 0.05) is 30.6 Å². The third-order valence-electron chi connectivity index (χ3n) is 4.48. The number of aliphatic hydroxyl groups is 1. The first-order chi connectivity index (χ1) is 10.4. The van der Waals surface area contributed by atoms with Crippen molar-refractivity contribution in [2.45, 2.75) is 39.3 Å². The van der Waals surface area contributed by atoms with Gasteiger partial charge < -0.3 is 9.84 Å². The van der Waals surface area contributed by atoms with Crippen molar-refractivity contribution in [2.75, 3.05) is 20.2 Å². The molecule has 0 bridgehead atoms. The van der Waals surface area contributed by atoms with E-state index < -0.39 is 5.60 Å². The molecule has 2 aromatic rings. The number of nitrogens with zero attached hydrogens (tertiary/aromatic N) is 2. The quantitative estimate of drug-likeness (QED) is 0.947. The number of benzene rings is 1.